The normalized spacial score (nSPS) is 15.8. The van der Waals surface area contributed by atoms with E-state index in [-0.39, 0.29) is 5.91 Å². The highest BCUT2D eigenvalue weighted by molar-refractivity contribution is 8.24. The number of hydrogen-bond acceptors (Lipinski definition) is 6. The van der Waals surface area contributed by atoms with Crippen LogP contribution in [0.5, 0.6) is 0 Å². The third-order valence-corrected chi connectivity index (χ3v) is 6.62. The molecular weight excluding hydrogens is 438 g/mol. The van der Waals surface area contributed by atoms with Gasteiger partial charge in [0, 0.05) is 56.2 Å². The molecule has 3 aromatic rings. The van der Waals surface area contributed by atoms with Gasteiger partial charge in [0.2, 0.25) is 0 Å². The third kappa shape index (κ3) is 5.27. The van der Waals surface area contributed by atoms with Crippen LogP contribution in [0.1, 0.15) is 11.1 Å². The van der Waals surface area contributed by atoms with E-state index in [9.17, 15) is 4.79 Å². The maximum absolute atomic E-state index is 12.1. The molecule has 32 heavy (non-hydrogen) atoms. The highest BCUT2D eigenvalue weighted by Crippen LogP contribution is 2.25. The summed E-state index contributed by atoms with van der Waals surface area (Å²) in [5.41, 5.74) is 5.24. The second-order valence-electron chi connectivity index (χ2n) is 7.92. The second-order valence-corrected chi connectivity index (χ2v) is 9.36. The molecular formula is C24H27N5OS2. The fraction of sp³-hybridized carbons (Fsp3) is 0.292. The van der Waals surface area contributed by atoms with Gasteiger partial charge in [-0.1, -0.05) is 42.2 Å². The molecule has 8 heteroatoms. The topological polar surface area (TPSA) is 52.9 Å². The van der Waals surface area contributed by atoms with Crippen molar-refractivity contribution in [2.75, 3.05) is 40.3 Å². The monoisotopic (exact) mass is 465 g/mol. The molecule has 1 fully saturated rings. The van der Waals surface area contributed by atoms with Crippen LogP contribution in [0.15, 0.2) is 53.7 Å². The van der Waals surface area contributed by atoms with Crippen molar-refractivity contribution in [2.24, 2.45) is 0 Å². The van der Waals surface area contributed by atoms with E-state index in [1.165, 1.54) is 22.0 Å². The third-order valence-electron chi connectivity index (χ3n) is 5.68. The number of carbonyl (C=O) groups is 1. The lowest BCUT2D eigenvalue weighted by molar-refractivity contribution is -0.116. The van der Waals surface area contributed by atoms with Gasteiger partial charge < -0.3 is 10.2 Å². The van der Waals surface area contributed by atoms with E-state index >= 15 is 0 Å². The first-order chi connectivity index (χ1) is 15.6. The first-order valence-electron chi connectivity index (χ1n) is 10.6. The number of pyridine rings is 1. The van der Waals surface area contributed by atoms with Gasteiger partial charge in [0.15, 0.2) is 0 Å². The van der Waals surface area contributed by atoms with E-state index in [0.29, 0.717) is 4.91 Å². The Morgan fingerprint density at radius 1 is 1.22 bits per heavy atom. The molecule has 2 aromatic heterocycles. The number of thiocarbonyl (C=S) groups is 1. The zero-order valence-corrected chi connectivity index (χ0v) is 20.0. The largest absolute Gasteiger partial charge is 0.355 e. The number of nitrogens with zero attached hydrogens (tertiary/aromatic N) is 4. The van der Waals surface area contributed by atoms with E-state index in [1.54, 1.807) is 7.05 Å². The summed E-state index contributed by atoms with van der Waals surface area (Å²) >= 11 is 6.17. The summed E-state index contributed by atoms with van der Waals surface area (Å²) in [5, 5.41) is 2.66. The summed E-state index contributed by atoms with van der Waals surface area (Å²) in [7, 11) is 3.80. The Bertz CT molecular complexity index is 1150. The molecule has 0 saturated carbocycles. The highest BCUT2D eigenvalue weighted by atomic mass is 32.2. The molecule has 0 atom stereocenters. The Morgan fingerprint density at radius 3 is 2.78 bits per heavy atom. The number of amides is 1. The first-order valence-corrected chi connectivity index (χ1v) is 11.9. The molecule has 6 nitrogen and oxygen atoms in total. The first kappa shape index (κ1) is 22.7. The molecule has 0 radical (unpaired) electrons. The molecule has 1 N–H and O–H groups in total. The number of thioether (sulfide) groups is 1. The molecule has 1 saturated heterocycles. The number of carbonyl (C=O) groups excluding carboxylic acids is 1. The summed E-state index contributed by atoms with van der Waals surface area (Å²) in [5.74, 6) is -0.154. The smallest absolute Gasteiger partial charge is 0.257 e. The average molecular weight is 466 g/mol. The molecule has 0 aliphatic carbocycles. The minimum Gasteiger partial charge on any atom is -0.355 e. The van der Waals surface area contributed by atoms with Crippen LogP contribution in [-0.2, 0) is 11.3 Å². The van der Waals surface area contributed by atoms with Crippen LogP contribution in [-0.4, -0.2) is 70.1 Å². The van der Waals surface area contributed by atoms with E-state index in [1.807, 2.05) is 30.6 Å². The molecule has 0 spiro atoms. The molecule has 4 rings (SSSR count). The van der Waals surface area contributed by atoms with Gasteiger partial charge in [-0.2, -0.15) is 0 Å². The summed E-state index contributed by atoms with van der Waals surface area (Å²) < 4.78 is 3.57. The summed E-state index contributed by atoms with van der Waals surface area (Å²) in [6, 6.07) is 12.6. The van der Waals surface area contributed by atoms with Gasteiger partial charge in [-0.3, -0.25) is 14.1 Å². The van der Waals surface area contributed by atoms with Crippen molar-refractivity contribution >= 4 is 46.3 Å². The van der Waals surface area contributed by atoms with E-state index in [4.69, 9.17) is 12.2 Å². The lowest BCUT2D eigenvalue weighted by atomic mass is 10.1. The van der Waals surface area contributed by atoms with Crippen molar-refractivity contribution in [3.05, 3.63) is 64.8 Å². The SMILES string of the molecule is CNC(=O)/C(=C/c1ccc2ncc(-c3cccc(CN4CCN(C)CC4)c3)n2c1)SC=S. The van der Waals surface area contributed by atoms with Crippen LogP contribution in [0.2, 0.25) is 0 Å². The van der Waals surface area contributed by atoms with Crippen molar-refractivity contribution in [3.8, 4) is 11.3 Å². The summed E-state index contributed by atoms with van der Waals surface area (Å²) in [6.45, 7) is 5.38. The fourth-order valence-corrected chi connectivity index (χ4v) is 4.70. The predicted octanol–water partition coefficient (Wildman–Crippen LogP) is 3.53. The van der Waals surface area contributed by atoms with Crippen molar-refractivity contribution in [1.29, 1.82) is 0 Å². The second kappa shape index (κ2) is 10.4. The number of hydrogen-bond donors (Lipinski definition) is 1. The number of imidazole rings is 1. The number of likely N-dealkylation sites (N-methyl/N-ethyl adjacent to an activating group) is 2. The Balaban J connectivity index is 1.63. The molecule has 1 aromatic carbocycles. The summed E-state index contributed by atoms with van der Waals surface area (Å²) in [4.78, 5) is 22.1. The Labute approximate surface area is 198 Å². The van der Waals surface area contributed by atoms with Crippen molar-refractivity contribution in [2.45, 2.75) is 6.54 Å². The average Bonchev–Trinajstić information content (AvgIpc) is 3.23. The standard InChI is InChI=1S/C24H27N5OS2/c1-25-24(30)22(32-17-31)13-19-6-7-23-26-14-21(29(23)16-19)20-5-3-4-18(12-20)15-28-10-8-27(2)9-11-28/h3-7,12-14,16-17H,8-11,15H2,1-2H3,(H,25,30)/b22-13-. The zero-order valence-electron chi connectivity index (χ0n) is 18.3. The van der Waals surface area contributed by atoms with Gasteiger partial charge in [0.25, 0.3) is 5.91 Å². The molecule has 0 unspecified atom stereocenters. The van der Waals surface area contributed by atoms with Crippen LogP contribution in [0.3, 0.4) is 0 Å². The van der Waals surface area contributed by atoms with E-state index in [0.717, 1.165) is 55.2 Å². The molecule has 3 heterocycles. The van der Waals surface area contributed by atoms with E-state index < -0.39 is 0 Å². The molecule has 166 valence electrons. The highest BCUT2D eigenvalue weighted by Gasteiger charge is 2.15. The Morgan fingerprint density at radius 2 is 2.03 bits per heavy atom. The number of aromatic nitrogens is 2. The molecule has 1 aliphatic heterocycles. The lowest BCUT2D eigenvalue weighted by Crippen LogP contribution is -2.43. The number of nitrogens with one attached hydrogen (secondary N) is 1. The Kier molecular flexibility index (Phi) is 7.36. The van der Waals surface area contributed by atoms with Gasteiger partial charge in [0.05, 0.1) is 16.8 Å². The van der Waals surface area contributed by atoms with Crippen LogP contribution in [0.4, 0.5) is 0 Å². The number of piperazine rings is 1. The Hall–Kier alpha value is -2.52. The van der Waals surface area contributed by atoms with Gasteiger partial charge in [-0.25, -0.2) is 4.98 Å². The van der Waals surface area contributed by atoms with Gasteiger partial charge in [-0.05, 0) is 42.4 Å². The van der Waals surface area contributed by atoms with Crippen molar-refractivity contribution in [3.63, 3.8) is 0 Å². The lowest BCUT2D eigenvalue weighted by Gasteiger charge is -2.32. The van der Waals surface area contributed by atoms with Crippen LogP contribution in [0, 0.1) is 0 Å². The maximum Gasteiger partial charge on any atom is 0.257 e. The van der Waals surface area contributed by atoms with Gasteiger partial charge in [0.1, 0.15) is 5.65 Å². The molecule has 1 aliphatic rings. The number of benzene rings is 1. The van der Waals surface area contributed by atoms with Gasteiger partial charge >= 0.3 is 0 Å². The quantitative estimate of drug-likeness (QED) is 0.426. The van der Waals surface area contributed by atoms with Crippen LogP contribution < -0.4 is 5.32 Å². The molecule has 1 amide bonds. The van der Waals surface area contributed by atoms with Crippen molar-refractivity contribution in [1.82, 2.24) is 24.5 Å². The van der Waals surface area contributed by atoms with Crippen molar-refractivity contribution < 1.29 is 4.79 Å². The number of fused-ring (bicyclic) bond motifs is 1. The van der Waals surface area contributed by atoms with Gasteiger partial charge in [-0.15, -0.1) is 0 Å². The van der Waals surface area contributed by atoms with Crippen LogP contribution in [0.25, 0.3) is 23.0 Å². The number of rotatable bonds is 7. The summed E-state index contributed by atoms with van der Waals surface area (Å²) in [6.07, 6.45) is 5.76. The zero-order chi connectivity index (χ0) is 22.5. The predicted molar refractivity (Wildman–Crippen MR) is 137 cm³/mol. The van der Waals surface area contributed by atoms with E-state index in [2.05, 4.69) is 55.8 Å². The minimum atomic E-state index is -0.154. The maximum atomic E-state index is 12.1. The fourth-order valence-electron chi connectivity index (χ4n) is 3.87. The molecule has 0 bridgehead atoms. The van der Waals surface area contributed by atoms with Crippen LogP contribution >= 0.6 is 24.0 Å². The minimum absolute atomic E-state index is 0.154.